The highest BCUT2D eigenvalue weighted by Gasteiger charge is 2.31. The zero-order valence-electron chi connectivity index (χ0n) is 19.0. The van der Waals surface area contributed by atoms with Crippen molar-refractivity contribution in [3.05, 3.63) is 41.3 Å². The van der Waals surface area contributed by atoms with Crippen LogP contribution in [0.5, 0.6) is 5.75 Å². The van der Waals surface area contributed by atoms with Crippen molar-refractivity contribution in [1.29, 1.82) is 0 Å². The Bertz CT molecular complexity index is 1250. The lowest BCUT2D eigenvalue weighted by Crippen LogP contribution is -2.36. The smallest absolute Gasteiger partial charge is 0.319 e. The van der Waals surface area contributed by atoms with E-state index in [0.717, 1.165) is 11.3 Å². The average Bonchev–Trinajstić information content (AvgIpc) is 3.23. The third-order valence-electron chi connectivity index (χ3n) is 4.30. The summed E-state index contributed by atoms with van der Waals surface area (Å²) in [4.78, 5) is 0. The van der Waals surface area contributed by atoms with Crippen molar-refractivity contribution >= 4 is 43.1 Å². The maximum Gasteiger partial charge on any atom is 0.319 e. The minimum Gasteiger partial charge on any atom is -0.504 e. The second kappa shape index (κ2) is 9.85. The Balaban J connectivity index is 2.43. The molecular formula is C19H29N5O6S3. The maximum absolute atomic E-state index is 12.3. The number of hydrogen-bond donors (Lipinski definition) is 5. The van der Waals surface area contributed by atoms with Crippen molar-refractivity contribution in [2.24, 2.45) is 15.0 Å². The first-order valence-corrected chi connectivity index (χ1v) is 13.6. The van der Waals surface area contributed by atoms with Gasteiger partial charge in [-0.2, -0.15) is 8.42 Å². The fourth-order valence-corrected chi connectivity index (χ4v) is 5.57. The van der Waals surface area contributed by atoms with Gasteiger partial charge in [-0.3, -0.25) is 0 Å². The normalized spacial score (nSPS) is 14.2. The Kier molecular flexibility index (Phi) is 8.02. The molecule has 6 N–H and O–H groups in total. The summed E-state index contributed by atoms with van der Waals surface area (Å²) in [5.74, 6) is 0.370. The van der Waals surface area contributed by atoms with E-state index >= 15 is 0 Å². The highest BCUT2D eigenvalue weighted by molar-refractivity contribution is 7.91. The van der Waals surface area contributed by atoms with Crippen molar-refractivity contribution in [2.45, 2.75) is 44.9 Å². The van der Waals surface area contributed by atoms with E-state index in [1.54, 1.807) is 26.0 Å². The van der Waals surface area contributed by atoms with E-state index in [-0.39, 0.29) is 28.0 Å². The third kappa shape index (κ3) is 7.04. The highest BCUT2D eigenvalue weighted by Crippen LogP contribution is 2.38. The van der Waals surface area contributed by atoms with E-state index < -0.39 is 37.4 Å². The quantitative estimate of drug-likeness (QED) is 0.248. The molecule has 0 aliphatic heterocycles. The number of anilines is 1. The van der Waals surface area contributed by atoms with Crippen LogP contribution in [0.4, 0.5) is 5.69 Å². The zero-order valence-corrected chi connectivity index (χ0v) is 21.4. The first-order chi connectivity index (χ1) is 15.0. The molecule has 2 aromatic heterocycles. The van der Waals surface area contributed by atoms with Crippen LogP contribution in [0, 0.1) is 12.3 Å². The van der Waals surface area contributed by atoms with Crippen molar-refractivity contribution in [1.82, 2.24) is 10.0 Å². The zero-order chi connectivity index (χ0) is 25.2. The molecule has 0 aliphatic carbocycles. The van der Waals surface area contributed by atoms with Crippen LogP contribution in [0.3, 0.4) is 0 Å². The molecule has 14 heteroatoms. The molecule has 11 nitrogen and oxygen atoms in total. The van der Waals surface area contributed by atoms with Gasteiger partial charge in [0, 0.05) is 11.9 Å². The molecule has 2 heterocycles. The Labute approximate surface area is 198 Å². The number of sulfonamides is 1. The Morgan fingerprint density at radius 1 is 1.30 bits per heavy atom. The summed E-state index contributed by atoms with van der Waals surface area (Å²) in [6, 6.07) is 3.15. The molecule has 0 fully saturated rings. The second-order valence-electron chi connectivity index (χ2n) is 8.24. The van der Waals surface area contributed by atoms with Gasteiger partial charge < -0.3 is 20.2 Å². The predicted molar refractivity (Wildman–Crippen MR) is 129 cm³/mol. The average molecular weight is 520 g/mol. The van der Waals surface area contributed by atoms with E-state index in [2.05, 4.69) is 26.3 Å². The summed E-state index contributed by atoms with van der Waals surface area (Å²) in [6.07, 6.45) is 0. The molecule has 0 amide bonds. The fraction of sp³-hybridized carbons (Fsp3) is 0.421. The van der Waals surface area contributed by atoms with Crippen LogP contribution < -0.4 is 20.5 Å². The van der Waals surface area contributed by atoms with Crippen molar-refractivity contribution in [3.63, 3.8) is 0 Å². The van der Waals surface area contributed by atoms with E-state index in [0.29, 0.717) is 11.5 Å². The number of nitrogens with one attached hydrogen (secondary N) is 3. The lowest BCUT2D eigenvalue weighted by atomic mass is 9.85. The molecule has 2 rings (SSSR count). The minimum atomic E-state index is -4.37. The number of thiophene rings is 1. The van der Waals surface area contributed by atoms with E-state index in [1.807, 2.05) is 20.8 Å². The first kappa shape index (κ1) is 26.9. The number of nitrogens with two attached hydrogens (primary N) is 1. The van der Waals surface area contributed by atoms with Gasteiger partial charge in [0.2, 0.25) is 0 Å². The second-order valence-corrected chi connectivity index (χ2v) is 12.3. The molecule has 0 bridgehead atoms. The van der Waals surface area contributed by atoms with Crippen LogP contribution >= 0.6 is 11.3 Å². The minimum absolute atomic E-state index is 0.0275. The monoisotopic (exact) mass is 519 g/mol. The van der Waals surface area contributed by atoms with Gasteiger partial charge in [0.1, 0.15) is 11.5 Å². The molecule has 0 unspecified atom stereocenters. The van der Waals surface area contributed by atoms with E-state index in [9.17, 15) is 21.9 Å². The fourth-order valence-electron chi connectivity index (χ4n) is 2.84. The summed E-state index contributed by atoms with van der Waals surface area (Å²) < 4.78 is 59.1. The predicted octanol–water partition coefficient (Wildman–Crippen LogP) is 2.56. The Morgan fingerprint density at radius 3 is 2.42 bits per heavy atom. The molecule has 33 heavy (non-hydrogen) atoms. The first-order valence-electron chi connectivity index (χ1n) is 9.77. The number of rotatable bonds is 9. The highest BCUT2D eigenvalue weighted by atomic mass is 32.2. The van der Waals surface area contributed by atoms with Gasteiger partial charge in [0.25, 0.3) is 10.0 Å². The topological polar surface area (TPSA) is 176 Å². The Hall–Kier alpha value is -2.39. The van der Waals surface area contributed by atoms with E-state index in [4.69, 9.17) is 9.56 Å². The van der Waals surface area contributed by atoms with Gasteiger partial charge in [-0.05, 0) is 24.5 Å². The van der Waals surface area contributed by atoms with Crippen LogP contribution in [0.15, 0.2) is 42.8 Å². The Morgan fingerprint density at radius 2 is 1.94 bits per heavy atom. The lowest BCUT2D eigenvalue weighted by Gasteiger charge is -2.31. The summed E-state index contributed by atoms with van der Waals surface area (Å²) in [7, 11) is -8.31. The standard InChI is InChI=1S/C19H29N5O6S3/c1-7-21-32(26,27)18-15(25)13(10-31-18)23-17(24-33(20,28)29)12(3)22-16(19(4,5)6)14-9-8-11(2)30-14/h8-10,16,21-22,25H,3,7H2,1-2,4-6H3,(H,23,24)(H2,20,28,29)/t16-/m0/s1. The molecule has 0 radical (unpaired) electrons. The number of aryl methyl sites for hydroxylation is 1. The summed E-state index contributed by atoms with van der Waals surface area (Å²) >= 11 is 0.749. The molecule has 0 aromatic carbocycles. The number of nitrogens with zero attached hydrogens (tertiary/aromatic N) is 1. The number of hydrogen-bond acceptors (Lipinski definition) is 8. The lowest BCUT2D eigenvalue weighted by molar-refractivity contribution is 0.251. The maximum atomic E-state index is 12.3. The molecule has 184 valence electrons. The van der Waals surface area contributed by atoms with Crippen molar-refractivity contribution in [3.8, 4) is 5.75 Å². The SMILES string of the molecule is C=C(N[C@@H](c1ccc(C)o1)C(C)(C)C)/C(=N\S(N)(=O)=O)Nc1csc(S(=O)(=O)NCC)c1O. The molecule has 0 spiro atoms. The van der Waals surface area contributed by atoms with Gasteiger partial charge in [0.05, 0.1) is 17.4 Å². The van der Waals surface area contributed by atoms with E-state index in [1.165, 1.54) is 5.38 Å². The largest absolute Gasteiger partial charge is 0.504 e. The van der Waals surface area contributed by atoms with Crippen LogP contribution in [0.1, 0.15) is 45.3 Å². The molecule has 0 aliphatic rings. The van der Waals surface area contributed by atoms with Crippen LogP contribution in [0.25, 0.3) is 0 Å². The summed E-state index contributed by atoms with van der Waals surface area (Å²) in [5.41, 5.74) is -0.444. The number of aromatic hydroxyl groups is 1. The van der Waals surface area contributed by atoms with Crippen molar-refractivity contribution in [2.75, 3.05) is 11.9 Å². The number of amidine groups is 1. The molecular weight excluding hydrogens is 490 g/mol. The van der Waals surface area contributed by atoms with Gasteiger partial charge in [-0.1, -0.05) is 34.3 Å². The molecule has 1 atom stereocenters. The van der Waals surface area contributed by atoms with Gasteiger partial charge in [0.15, 0.2) is 15.8 Å². The van der Waals surface area contributed by atoms with Gasteiger partial charge in [-0.25, -0.2) is 18.3 Å². The van der Waals surface area contributed by atoms with Crippen LogP contribution in [0.2, 0.25) is 0 Å². The van der Waals surface area contributed by atoms with Crippen molar-refractivity contribution < 1.29 is 26.4 Å². The summed E-state index contributed by atoms with van der Waals surface area (Å²) in [5, 5.41) is 22.6. The van der Waals surface area contributed by atoms with Crippen LogP contribution in [-0.2, 0) is 20.2 Å². The number of furan rings is 1. The third-order valence-corrected chi connectivity index (χ3v) is 7.79. The van der Waals surface area contributed by atoms with Crippen LogP contribution in [-0.4, -0.2) is 34.3 Å². The molecule has 0 saturated heterocycles. The summed E-state index contributed by atoms with van der Waals surface area (Å²) in [6.45, 7) is 13.2. The van der Waals surface area contributed by atoms with Gasteiger partial charge in [-0.15, -0.1) is 15.7 Å². The van der Waals surface area contributed by atoms with Gasteiger partial charge >= 0.3 is 10.2 Å². The molecule has 0 saturated carbocycles. The molecule has 2 aromatic rings.